The molecule has 1 heterocycles. The van der Waals surface area contributed by atoms with Crippen molar-refractivity contribution in [2.75, 3.05) is 10.6 Å². The number of aryl methyl sites for hydroxylation is 1. The van der Waals surface area contributed by atoms with Crippen molar-refractivity contribution in [2.45, 2.75) is 44.7 Å². The van der Waals surface area contributed by atoms with E-state index in [0.29, 0.717) is 5.69 Å². The average molecular weight is 356 g/mol. The minimum absolute atomic E-state index is 0.00180. The monoisotopic (exact) mass is 356 g/mol. The quantitative estimate of drug-likeness (QED) is 0.551. The van der Waals surface area contributed by atoms with Crippen molar-refractivity contribution in [3.63, 3.8) is 0 Å². The maximum absolute atomic E-state index is 12.4. The number of hydrogen-bond acceptors (Lipinski definition) is 6. The van der Waals surface area contributed by atoms with Crippen LogP contribution >= 0.6 is 0 Å². The molecule has 2 aromatic rings. The van der Waals surface area contributed by atoms with Gasteiger partial charge in [0.1, 0.15) is 5.56 Å². The molecule has 1 saturated carbocycles. The van der Waals surface area contributed by atoms with Gasteiger partial charge in [-0.05, 0) is 37.5 Å². The Kier molecular flexibility index (Phi) is 5.22. The fourth-order valence-corrected chi connectivity index (χ4v) is 3.23. The maximum atomic E-state index is 12.4. The minimum atomic E-state index is -0.838. The van der Waals surface area contributed by atoms with Crippen LogP contribution in [0.2, 0.25) is 0 Å². The van der Waals surface area contributed by atoms with Crippen LogP contribution in [0.5, 0.6) is 0 Å². The Morgan fingerprint density at radius 2 is 2.08 bits per heavy atom. The number of nitrogens with zero attached hydrogens (tertiary/aromatic N) is 1. The van der Waals surface area contributed by atoms with E-state index in [-0.39, 0.29) is 29.4 Å². The van der Waals surface area contributed by atoms with E-state index in [2.05, 4.69) is 20.6 Å². The van der Waals surface area contributed by atoms with Gasteiger partial charge in [-0.25, -0.2) is 0 Å². The zero-order chi connectivity index (χ0) is 18.7. The number of aromatic nitrogens is 2. The molecule has 2 atom stereocenters. The lowest BCUT2D eigenvalue weighted by Gasteiger charge is -2.29. The van der Waals surface area contributed by atoms with Crippen molar-refractivity contribution < 1.29 is 4.79 Å². The van der Waals surface area contributed by atoms with Gasteiger partial charge in [0.2, 0.25) is 5.95 Å². The number of rotatable bonds is 5. The van der Waals surface area contributed by atoms with Gasteiger partial charge in [-0.1, -0.05) is 25.0 Å². The highest BCUT2D eigenvalue weighted by Gasteiger charge is 2.23. The van der Waals surface area contributed by atoms with E-state index in [0.717, 1.165) is 31.2 Å². The van der Waals surface area contributed by atoms with E-state index in [1.165, 1.54) is 0 Å². The van der Waals surface area contributed by atoms with Gasteiger partial charge in [-0.2, -0.15) is 4.98 Å². The first-order valence-corrected chi connectivity index (χ1v) is 8.74. The number of carbonyl (C=O) groups excluding carboxylic acids is 1. The molecule has 0 unspecified atom stereocenters. The van der Waals surface area contributed by atoms with Crippen LogP contribution in [0, 0.1) is 6.92 Å². The largest absolute Gasteiger partial charge is 0.365 e. The summed E-state index contributed by atoms with van der Waals surface area (Å²) in [6.07, 6.45) is 4.01. The van der Waals surface area contributed by atoms with Crippen LogP contribution in [0.3, 0.4) is 0 Å². The van der Waals surface area contributed by atoms with Crippen LogP contribution in [0.25, 0.3) is 0 Å². The first-order valence-electron chi connectivity index (χ1n) is 8.74. The number of benzene rings is 1. The van der Waals surface area contributed by atoms with Gasteiger partial charge in [-0.3, -0.25) is 14.6 Å². The highest BCUT2D eigenvalue weighted by molar-refractivity contribution is 5.98. The lowest BCUT2D eigenvalue weighted by atomic mass is 9.91. The van der Waals surface area contributed by atoms with Crippen molar-refractivity contribution in [1.29, 1.82) is 0 Å². The molecule has 8 nitrogen and oxygen atoms in total. The number of primary amides is 1. The van der Waals surface area contributed by atoms with Gasteiger partial charge < -0.3 is 22.1 Å². The molecule has 0 saturated heterocycles. The summed E-state index contributed by atoms with van der Waals surface area (Å²) in [5.41, 5.74) is 12.5. The Hall–Kier alpha value is -2.87. The minimum Gasteiger partial charge on any atom is -0.365 e. The molecule has 1 aromatic carbocycles. The molecular weight excluding hydrogens is 332 g/mol. The summed E-state index contributed by atoms with van der Waals surface area (Å²) in [6, 6.07) is 7.55. The average Bonchev–Trinajstić information content (AvgIpc) is 2.56. The van der Waals surface area contributed by atoms with Crippen LogP contribution in [-0.2, 0) is 0 Å². The van der Waals surface area contributed by atoms with Crippen molar-refractivity contribution >= 4 is 23.4 Å². The van der Waals surface area contributed by atoms with E-state index in [4.69, 9.17) is 11.5 Å². The molecule has 0 aliphatic heterocycles. The van der Waals surface area contributed by atoms with E-state index in [1.807, 2.05) is 31.2 Å². The molecule has 1 aliphatic carbocycles. The molecule has 3 rings (SSSR count). The number of carbonyl (C=O) groups is 1. The van der Waals surface area contributed by atoms with Gasteiger partial charge in [0, 0.05) is 17.8 Å². The fraction of sp³-hybridized carbons (Fsp3) is 0.389. The molecule has 138 valence electrons. The van der Waals surface area contributed by atoms with Gasteiger partial charge >= 0.3 is 0 Å². The molecule has 1 amide bonds. The molecule has 1 aliphatic rings. The second kappa shape index (κ2) is 7.57. The van der Waals surface area contributed by atoms with Gasteiger partial charge in [-0.15, -0.1) is 0 Å². The van der Waals surface area contributed by atoms with E-state index in [9.17, 15) is 9.59 Å². The molecule has 0 spiro atoms. The zero-order valence-electron chi connectivity index (χ0n) is 14.7. The summed E-state index contributed by atoms with van der Waals surface area (Å²) in [5.74, 6) is -0.439. The standard InChI is InChI=1S/C18H24N6O2/c1-10-5-4-6-11(9-10)21-16-14(15(20)25)17(26)24-18(23-16)22-13-8-3-2-7-12(13)19/h4-6,9,12-13H,2-3,7-8,19H2,1H3,(H2,20,25)(H3,21,22,23,24,26)/t12-,13+/m0/s1. The van der Waals surface area contributed by atoms with Gasteiger partial charge in [0.25, 0.3) is 11.5 Å². The van der Waals surface area contributed by atoms with Crippen molar-refractivity contribution in [1.82, 2.24) is 9.97 Å². The number of H-pyrrole nitrogens is 1. The van der Waals surface area contributed by atoms with Crippen LogP contribution < -0.4 is 27.7 Å². The second-order valence-corrected chi connectivity index (χ2v) is 6.70. The molecule has 7 N–H and O–H groups in total. The predicted molar refractivity (Wildman–Crippen MR) is 102 cm³/mol. The lowest BCUT2D eigenvalue weighted by Crippen LogP contribution is -2.43. The maximum Gasteiger partial charge on any atom is 0.267 e. The first kappa shape index (κ1) is 17.9. The Balaban J connectivity index is 1.94. The first-order chi connectivity index (χ1) is 12.4. The Morgan fingerprint density at radius 1 is 1.31 bits per heavy atom. The van der Waals surface area contributed by atoms with Gasteiger partial charge in [0.05, 0.1) is 0 Å². The molecule has 1 aromatic heterocycles. The fourth-order valence-electron chi connectivity index (χ4n) is 3.23. The van der Waals surface area contributed by atoms with Crippen LogP contribution in [0.4, 0.5) is 17.5 Å². The summed E-state index contributed by atoms with van der Waals surface area (Å²) in [5, 5.41) is 6.21. The van der Waals surface area contributed by atoms with E-state index < -0.39 is 11.5 Å². The number of anilines is 3. The topological polar surface area (TPSA) is 139 Å². The van der Waals surface area contributed by atoms with Crippen molar-refractivity contribution in [2.24, 2.45) is 11.5 Å². The summed E-state index contributed by atoms with van der Waals surface area (Å²) < 4.78 is 0. The smallest absolute Gasteiger partial charge is 0.267 e. The number of nitrogens with two attached hydrogens (primary N) is 2. The predicted octanol–water partition coefficient (Wildman–Crippen LogP) is 1.60. The Morgan fingerprint density at radius 3 is 2.77 bits per heavy atom. The SMILES string of the molecule is Cc1cccc(Nc2nc(N[C@@H]3CCCC[C@@H]3N)[nH]c(=O)c2C(N)=O)c1. The van der Waals surface area contributed by atoms with Crippen LogP contribution in [0.15, 0.2) is 29.1 Å². The molecule has 1 fully saturated rings. The molecule has 0 radical (unpaired) electrons. The number of nitrogens with one attached hydrogen (secondary N) is 3. The summed E-state index contributed by atoms with van der Waals surface area (Å²) >= 11 is 0. The third-order valence-corrected chi connectivity index (χ3v) is 4.59. The van der Waals surface area contributed by atoms with Crippen LogP contribution in [-0.4, -0.2) is 28.0 Å². The Bertz CT molecular complexity index is 863. The normalized spacial score (nSPS) is 19.8. The zero-order valence-corrected chi connectivity index (χ0v) is 14.7. The van der Waals surface area contributed by atoms with Crippen molar-refractivity contribution in [3.8, 4) is 0 Å². The molecule has 0 bridgehead atoms. The molecular formula is C18H24N6O2. The highest BCUT2D eigenvalue weighted by atomic mass is 16.2. The third-order valence-electron chi connectivity index (χ3n) is 4.59. The van der Waals surface area contributed by atoms with E-state index in [1.54, 1.807) is 0 Å². The number of aromatic amines is 1. The molecule has 8 heteroatoms. The number of hydrogen-bond donors (Lipinski definition) is 5. The second-order valence-electron chi connectivity index (χ2n) is 6.70. The third kappa shape index (κ3) is 4.02. The molecule has 26 heavy (non-hydrogen) atoms. The van der Waals surface area contributed by atoms with Crippen molar-refractivity contribution in [3.05, 3.63) is 45.7 Å². The van der Waals surface area contributed by atoms with E-state index >= 15 is 0 Å². The summed E-state index contributed by atoms with van der Waals surface area (Å²) in [6.45, 7) is 1.95. The Labute approximate surface area is 151 Å². The van der Waals surface area contributed by atoms with Gasteiger partial charge in [0.15, 0.2) is 5.82 Å². The summed E-state index contributed by atoms with van der Waals surface area (Å²) in [4.78, 5) is 31.1. The summed E-state index contributed by atoms with van der Waals surface area (Å²) in [7, 11) is 0. The highest BCUT2D eigenvalue weighted by Crippen LogP contribution is 2.22. The number of amides is 1. The van der Waals surface area contributed by atoms with Crippen LogP contribution in [0.1, 0.15) is 41.6 Å². The lowest BCUT2D eigenvalue weighted by molar-refractivity contribution is 0.0999.